The topological polar surface area (TPSA) is 70.7 Å². The van der Waals surface area contributed by atoms with Crippen LogP contribution in [0, 0.1) is 5.41 Å². The van der Waals surface area contributed by atoms with Crippen LogP contribution in [0.3, 0.4) is 0 Å². The lowest BCUT2D eigenvalue weighted by Gasteiger charge is -2.35. The van der Waals surface area contributed by atoms with Gasteiger partial charge in [-0.15, -0.1) is 0 Å². The first kappa shape index (κ1) is 25.4. The van der Waals surface area contributed by atoms with Crippen molar-refractivity contribution in [2.24, 2.45) is 5.41 Å². The summed E-state index contributed by atoms with van der Waals surface area (Å²) in [7, 11) is 0. The van der Waals surface area contributed by atoms with Gasteiger partial charge in [0.2, 0.25) is 5.91 Å². The van der Waals surface area contributed by atoms with Crippen LogP contribution in [0.5, 0.6) is 0 Å². The van der Waals surface area contributed by atoms with Crippen molar-refractivity contribution in [3.63, 3.8) is 0 Å². The number of amides is 2. The lowest BCUT2D eigenvalue weighted by molar-refractivity contribution is -0.114. The fraction of sp³-hybridized carbons (Fsp3) is 0.630. The van der Waals surface area contributed by atoms with E-state index >= 15 is 0 Å². The molecule has 6 nitrogen and oxygen atoms in total. The number of hydrogen-bond acceptors (Lipinski definition) is 4. The van der Waals surface area contributed by atoms with Crippen LogP contribution in [-0.4, -0.2) is 48.6 Å². The minimum Gasteiger partial charge on any atom is -0.372 e. The number of allylic oxidation sites excluding steroid dienone is 1. The Balaban J connectivity index is 1.69. The zero-order valence-corrected chi connectivity index (χ0v) is 21.2. The van der Waals surface area contributed by atoms with Gasteiger partial charge in [0.1, 0.15) is 0 Å². The summed E-state index contributed by atoms with van der Waals surface area (Å²) < 4.78 is 5.78. The summed E-state index contributed by atoms with van der Waals surface area (Å²) in [5.41, 5.74) is 5.66. The molecule has 1 aliphatic carbocycles. The third-order valence-electron chi connectivity index (χ3n) is 6.83. The quantitative estimate of drug-likeness (QED) is 0.453. The largest absolute Gasteiger partial charge is 0.372 e. The molecule has 6 heteroatoms. The lowest BCUT2D eigenvalue weighted by Crippen LogP contribution is -2.48. The summed E-state index contributed by atoms with van der Waals surface area (Å²) in [5.74, 6) is -0.163. The fourth-order valence-electron chi connectivity index (χ4n) is 5.39. The Labute approximate surface area is 199 Å². The number of hydrogen-bond donors (Lipinski definition) is 2. The Hall–Kier alpha value is -2.18. The molecule has 0 bridgehead atoms. The van der Waals surface area contributed by atoms with Crippen molar-refractivity contribution in [2.45, 2.75) is 86.0 Å². The molecule has 0 spiro atoms. The summed E-state index contributed by atoms with van der Waals surface area (Å²) in [5, 5.41) is 6.41. The second kappa shape index (κ2) is 10.8. The van der Waals surface area contributed by atoms with Crippen LogP contribution in [0.15, 0.2) is 29.3 Å². The molecule has 0 unspecified atom stereocenters. The predicted molar refractivity (Wildman–Crippen MR) is 133 cm³/mol. The summed E-state index contributed by atoms with van der Waals surface area (Å²) in [6.45, 7) is 15.1. The van der Waals surface area contributed by atoms with Crippen molar-refractivity contribution >= 4 is 17.5 Å². The van der Waals surface area contributed by atoms with Crippen LogP contribution in [0.1, 0.15) is 83.1 Å². The third-order valence-corrected chi connectivity index (χ3v) is 6.83. The first-order valence-corrected chi connectivity index (χ1v) is 12.3. The van der Waals surface area contributed by atoms with Crippen molar-refractivity contribution in [3.05, 3.63) is 40.5 Å². The van der Waals surface area contributed by atoms with Crippen LogP contribution in [-0.2, 0) is 16.1 Å². The van der Waals surface area contributed by atoms with E-state index in [0.717, 1.165) is 18.5 Å². The van der Waals surface area contributed by atoms with E-state index in [1.165, 1.54) is 26.2 Å². The molecule has 2 aliphatic rings. The normalized spacial score (nSPS) is 22.9. The van der Waals surface area contributed by atoms with Crippen molar-refractivity contribution in [1.82, 2.24) is 10.2 Å². The van der Waals surface area contributed by atoms with Crippen molar-refractivity contribution in [1.29, 1.82) is 0 Å². The van der Waals surface area contributed by atoms with Crippen LogP contribution >= 0.6 is 0 Å². The standard InChI is InChI=1S/C27H41N3O3/c1-18-8-7-10-27(5,6)25(18)9-11-28-15-22-12-23(14-24(13-22)29-21(4)31)26(32)30-16-19(2)33-20(3)17-30/h12-14,19-20,28H,7-11,15-17H2,1-6H3,(H,29,31)/t19-,20+. The molecule has 1 aromatic carbocycles. The van der Waals surface area contributed by atoms with E-state index in [9.17, 15) is 9.59 Å². The van der Waals surface area contributed by atoms with E-state index in [-0.39, 0.29) is 29.4 Å². The van der Waals surface area contributed by atoms with Gasteiger partial charge >= 0.3 is 0 Å². The Morgan fingerprint density at radius 1 is 1.15 bits per heavy atom. The maximum absolute atomic E-state index is 13.3. The maximum atomic E-state index is 13.3. The minimum atomic E-state index is -0.144. The molecule has 182 valence electrons. The predicted octanol–water partition coefficient (Wildman–Crippen LogP) is 4.90. The Morgan fingerprint density at radius 3 is 2.48 bits per heavy atom. The number of benzene rings is 1. The van der Waals surface area contributed by atoms with Gasteiger partial charge in [0, 0.05) is 37.8 Å². The molecule has 1 aliphatic heterocycles. The van der Waals surface area contributed by atoms with Crippen molar-refractivity contribution < 1.29 is 14.3 Å². The molecular weight excluding hydrogens is 414 g/mol. The number of rotatable bonds is 7. The van der Waals surface area contributed by atoms with E-state index in [1.807, 2.05) is 30.9 Å². The smallest absolute Gasteiger partial charge is 0.254 e. The second-order valence-corrected chi connectivity index (χ2v) is 10.5. The number of morpholine rings is 1. The van der Waals surface area contributed by atoms with Gasteiger partial charge in [-0.3, -0.25) is 9.59 Å². The molecule has 1 aromatic rings. The molecule has 0 radical (unpaired) electrons. The zero-order chi connectivity index (χ0) is 24.2. The van der Waals surface area contributed by atoms with Gasteiger partial charge in [-0.05, 0) is 82.2 Å². The average Bonchev–Trinajstić information content (AvgIpc) is 2.70. The highest BCUT2D eigenvalue weighted by Gasteiger charge is 2.28. The van der Waals surface area contributed by atoms with Gasteiger partial charge in [0.25, 0.3) is 5.91 Å². The molecular formula is C27H41N3O3. The Morgan fingerprint density at radius 2 is 1.85 bits per heavy atom. The summed E-state index contributed by atoms with van der Waals surface area (Å²) in [4.78, 5) is 26.8. The molecule has 0 aromatic heterocycles. The van der Waals surface area contributed by atoms with Gasteiger partial charge < -0.3 is 20.3 Å². The summed E-state index contributed by atoms with van der Waals surface area (Å²) in [6, 6.07) is 5.67. The Kier molecular flexibility index (Phi) is 8.35. The van der Waals surface area contributed by atoms with E-state index in [1.54, 1.807) is 17.2 Å². The third kappa shape index (κ3) is 6.90. The second-order valence-electron chi connectivity index (χ2n) is 10.5. The lowest BCUT2D eigenvalue weighted by atomic mass is 9.71. The van der Waals surface area contributed by atoms with Gasteiger partial charge in [0.15, 0.2) is 0 Å². The highest BCUT2D eigenvalue weighted by atomic mass is 16.5. The van der Waals surface area contributed by atoms with Gasteiger partial charge in [-0.25, -0.2) is 0 Å². The van der Waals surface area contributed by atoms with Gasteiger partial charge in [-0.2, -0.15) is 0 Å². The average molecular weight is 456 g/mol. The number of anilines is 1. The molecule has 2 N–H and O–H groups in total. The highest BCUT2D eigenvalue weighted by molar-refractivity contribution is 5.97. The fourth-order valence-corrected chi connectivity index (χ4v) is 5.39. The SMILES string of the molecule is CC(=O)Nc1cc(CNCCC2=C(C)CCCC2(C)C)cc(C(=O)N2C[C@@H](C)O[C@@H](C)C2)c1. The number of carbonyl (C=O) groups is 2. The van der Waals surface area contributed by atoms with Crippen LogP contribution in [0.25, 0.3) is 0 Å². The highest BCUT2D eigenvalue weighted by Crippen LogP contribution is 2.41. The summed E-state index contributed by atoms with van der Waals surface area (Å²) in [6.07, 6.45) is 4.81. The molecule has 2 atom stereocenters. The van der Waals surface area contributed by atoms with Gasteiger partial charge in [-0.1, -0.05) is 25.0 Å². The number of nitrogens with zero attached hydrogens (tertiary/aromatic N) is 1. The van der Waals surface area contributed by atoms with E-state index in [2.05, 4.69) is 31.4 Å². The maximum Gasteiger partial charge on any atom is 0.254 e. The van der Waals surface area contributed by atoms with Crippen LogP contribution in [0.2, 0.25) is 0 Å². The van der Waals surface area contributed by atoms with Gasteiger partial charge in [0.05, 0.1) is 12.2 Å². The Bertz CT molecular complexity index is 896. The molecule has 2 amide bonds. The molecule has 1 saturated heterocycles. The van der Waals surface area contributed by atoms with E-state index in [0.29, 0.717) is 30.9 Å². The first-order chi connectivity index (χ1) is 15.5. The van der Waals surface area contributed by atoms with E-state index in [4.69, 9.17) is 4.74 Å². The first-order valence-electron chi connectivity index (χ1n) is 12.3. The molecule has 0 saturated carbocycles. The number of nitrogens with one attached hydrogen (secondary N) is 2. The molecule has 3 rings (SSSR count). The number of carbonyl (C=O) groups excluding carboxylic acids is 2. The molecule has 1 heterocycles. The minimum absolute atomic E-state index is 0.0131. The van der Waals surface area contributed by atoms with Crippen molar-refractivity contribution in [2.75, 3.05) is 25.0 Å². The number of ether oxygens (including phenoxy) is 1. The molecule has 1 fully saturated rings. The van der Waals surface area contributed by atoms with Crippen molar-refractivity contribution in [3.8, 4) is 0 Å². The molecule has 33 heavy (non-hydrogen) atoms. The van der Waals surface area contributed by atoms with Crippen LogP contribution < -0.4 is 10.6 Å². The summed E-state index contributed by atoms with van der Waals surface area (Å²) >= 11 is 0. The van der Waals surface area contributed by atoms with Crippen LogP contribution in [0.4, 0.5) is 5.69 Å². The van der Waals surface area contributed by atoms with E-state index < -0.39 is 0 Å². The monoisotopic (exact) mass is 455 g/mol. The zero-order valence-electron chi connectivity index (χ0n) is 21.2.